The summed E-state index contributed by atoms with van der Waals surface area (Å²) in [5, 5.41) is 11.7. The Morgan fingerprint density at radius 3 is 1.48 bits per heavy atom. The molecular formula is C11H19N5O5. The molecule has 0 heterocycles. The van der Waals surface area contributed by atoms with Gasteiger partial charge in [0, 0.05) is 0 Å². The number of aldehydes is 1. The number of carbonyl (C=O) groups is 5. The third-order valence-electron chi connectivity index (χ3n) is 2.06. The van der Waals surface area contributed by atoms with E-state index in [9.17, 15) is 24.0 Å². The van der Waals surface area contributed by atoms with Crippen LogP contribution in [0.2, 0.25) is 0 Å². The first-order valence-electron chi connectivity index (χ1n) is 6.14. The highest BCUT2D eigenvalue weighted by atomic mass is 16.2. The third-order valence-corrected chi connectivity index (χ3v) is 2.06. The Morgan fingerprint density at radius 2 is 1.10 bits per heavy atom. The maximum Gasteiger partial charge on any atom is 0.239 e. The minimum absolute atomic E-state index is 0.0870. The van der Waals surface area contributed by atoms with Crippen LogP contribution in [0.15, 0.2) is 0 Å². The first-order valence-corrected chi connectivity index (χ1v) is 6.14. The second kappa shape index (κ2) is 11.3. The summed E-state index contributed by atoms with van der Waals surface area (Å²) in [4.78, 5) is 54.7. The molecule has 0 saturated heterocycles. The van der Waals surface area contributed by atoms with E-state index in [1.54, 1.807) is 7.05 Å². The largest absolute Gasteiger partial charge is 0.348 e. The van der Waals surface area contributed by atoms with Crippen LogP contribution in [0.25, 0.3) is 0 Å². The van der Waals surface area contributed by atoms with E-state index in [2.05, 4.69) is 26.6 Å². The first kappa shape index (κ1) is 18.5. The van der Waals surface area contributed by atoms with Gasteiger partial charge in [-0.2, -0.15) is 0 Å². The minimum atomic E-state index is -0.564. The number of carbonyl (C=O) groups excluding carboxylic acids is 5. The Kier molecular flexibility index (Phi) is 10.0. The van der Waals surface area contributed by atoms with Crippen LogP contribution in [0, 0.1) is 0 Å². The zero-order chi connectivity index (χ0) is 16.1. The highest BCUT2D eigenvalue weighted by Gasteiger charge is 2.08. The molecule has 4 amide bonds. The van der Waals surface area contributed by atoms with Gasteiger partial charge in [0.05, 0.1) is 32.7 Å². The molecule has 0 rings (SSSR count). The molecule has 5 N–H and O–H groups in total. The Hall–Kier alpha value is -2.49. The zero-order valence-corrected chi connectivity index (χ0v) is 11.7. The predicted molar refractivity (Wildman–Crippen MR) is 72.0 cm³/mol. The van der Waals surface area contributed by atoms with Crippen LogP contribution in [-0.4, -0.2) is 69.7 Å². The van der Waals surface area contributed by atoms with Crippen molar-refractivity contribution in [1.29, 1.82) is 0 Å². The highest BCUT2D eigenvalue weighted by Crippen LogP contribution is 1.70. The van der Waals surface area contributed by atoms with Gasteiger partial charge in [-0.15, -0.1) is 0 Å². The van der Waals surface area contributed by atoms with Crippen molar-refractivity contribution in [3.05, 3.63) is 0 Å². The molecular weight excluding hydrogens is 282 g/mol. The molecule has 0 aliphatic rings. The molecule has 10 heteroatoms. The molecule has 0 unspecified atom stereocenters. The monoisotopic (exact) mass is 301 g/mol. The fourth-order valence-electron chi connectivity index (χ4n) is 1.10. The molecule has 0 aliphatic carbocycles. The van der Waals surface area contributed by atoms with E-state index in [0.717, 1.165) is 0 Å². The van der Waals surface area contributed by atoms with Gasteiger partial charge in [-0.1, -0.05) is 0 Å². The van der Waals surface area contributed by atoms with E-state index in [1.165, 1.54) is 0 Å². The quantitative estimate of drug-likeness (QED) is 0.259. The Balaban J connectivity index is 3.72. The van der Waals surface area contributed by atoms with Crippen molar-refractivity contribution in [2.45, 2.75) is 0 Å². The SMILES string of the molecule is CNCC(=O)NCC(=O)NCC(=O)NCC(=O)NCC=O. The number of hydrogen-bond acceptors (Lipinski definition) is 6. The lowest BCUT2D eigenvalue weighted by atomic mass is 10.4. The summed E-state index contributed by atoms with van der Waals surface area (Å²) < 4.78 is 0. The van der Waals surface area contributed by atoms with Crippen LogP contribution >= 0.6 is 0 Å². The summed E-state index contributed by atoms with van der Waals surface area (Å²) in [5.74, 6) is -1.95. The van der Waals surface area contributed by atoms with E-state index in [1.807, 2.05) is 0 Å². The van der Waals surface area contributed by atoms with Gasteiger partial charge in [-0.25, -0.2) is 0 Å². The van der Waals surface area contributed by atoms with E-state index >= 15 is 0 Å². The van der Waals surface area contributed by atoms with Crippen molar-refractivity contribution in [3.8, 4) is 0 Å². The van der Waals surface area contributed by atoms with E-state index in [4.69, 9.17) is 0 Å². The molecule has 0 atom stereocenters. The summed E-state index contributed by atoms with van der Waals surface area (Å²) in [6.45, 7) is -0.891. The van der Waals surface area contributed by atoms with Crippen molar-refractivity contribution < 1.29 is 24.0 Å². The van der Waals surface area contributed by atoms with Gasteiger partial charge in [0.25, 0.3) is 0 Å². The predicted octanol–water partition coefficient (Wildman–Crippen LogP) is -4.13. The topological polar surface area (TPSA) is 146 Å². The molecule has 118 valence electrons. The molecule has 0 fully saturated rings. The van der Waals surface area contributed by atoms with Crippen LogP contribution in [0.3, 0.4) is 0 Å². The summed E-state index contributed by atoms with van der Waals surface area (Å²) >= 11 is 0. The molecule has 0 aromatic rings. The molecule has 10 nitrogen and oxygen atoms in total. The molecule has 0 aliphatic heterocycles. The lowest BCUT2D eigenvalue weighted by Gasteiger charge is -2.07. The lowest BCUT2D eigenvalue weighted by Crippen LogP contribution is -2.45. The molecule has 21 heavy (non-hydrogen) atoms. The summed E-state index contributed by atoms with van der Waals surface area (Å²) in [6.07, 6.45) is 0.516. The van der Waals surface area contributed by atoms with Gasteiger partial charge in [0.1, 0.15) is 6.29 Å². The van der Waals surface area contributed by atoms with Crippen molar-refractivity contribution in [1.82, 2.24) is 26.6 Å². The van der Waals surface area contributed by atoms with Gasteiger partial charge >= 0.3 is 0 Å². The summed E-state index contributed by atoms with van der Waals surface area (Å²) in [5.41, 5.74) is 0. The van der Waals surface area contributed by atoms with Crippen molar-refractivity contribution in [3.63, 3.8) is 0 Å². The van der Waals surface area contributed by atoms with E-state index < -0.39 is 17.7 Å². The van der Waals surface area contributed by atoms with Gasteiger partial charge in [-0.05, 0) is 7.05 Å². The number of nitrogens with one attached hydrogen (secondary N) is 5. The Morgan fingerprint density at radius 1 is 0.714 bits per heavy atom. The van der Waals surface area contributed by atoms with Crippen molar-refractivity contribution in [2.75, 3.05) is 39.8 Å². The van der Waals surface area contributed by atoms with Gasteiger partial charge in [-0.3, -0.25) is 19.2 Å². The van der Waals surface area contributed by atoms with Crippen LogP contribution in [0.4, 0.5) is 0 Å². The van der Waals surface area contributed by atoms with Crippen LogP contribution in [-0.2, 0) is 24.0 Å². The van der Waals surface area contributed by atoms with Crippen LogP contribution in [0.1, 0.15) is 0 Å². The molecule has 0 aromatic heterocycles. The number of likely N-dealkylation sites (N-methyl/N-ethyl adjacent to an activating group) is 1. The van der Waals surface area contributed by atoms with Crippen LogP contribution < -0.4 is 26.6 Å². The average Bonchev–Trinajstić information content (AvgIpc) is 2.46. The second-order valence-corrected chi connectivity index (χ2v) is 3.83. The van der Waals surface area contributed by atoms with Crippen molar-refractivity contribution in [2.24, 2.45) is 0 Å². The van der Waals surface area contributed by atoms with E-state index in [0.29, 0.717) is 6.29 Å². The molecule has 0 bridgehead atoms. The maximum atomic E-state index is 11.3. The smallest absolute Gasteiger partial charge is 0.239 e. The van der Waals surface area contributed by atoms with Gasteiger partial charge < -0.3 is 31.4 Å². The standard InChI is InChI=1S/C11H19N5O5/c1-12-4-8(18)14-6-10(20)16-7-11(21)15-5-9(19)13-2-3-17/h3,12H,2,4-7H2,1H3,(H,13,19)(H,14,18)(H,15,21)(H,16,20). The molecule has 0 aromatic carbocycles. The highest BCUT2D eigenvalue weighted by molar-refractivity contribution is 5.90. The lowest BCUT2D eigenvalue weighted by molar-refractivity contribution is -0.128. The summed E-state index contributed by atoms with van der Waals surface area (Å²) in [6, 6.07) is 0. The Bertz CT molecular complexity index is 398. The fourth-order valence-corrected chi connectivity index (χ4v) is 1.10. The van der Waals surface area contributed by atoms with E-state index in [-0.39, 0.29) is 38.6 Å². The molecule has 0 radical (unpaired) electrons. The molecule has 0 saturated carbocycles. The van der Waals surface area contributed by atoms with Gasteiger partial charge in [0.15, 0.2) is 0 Å². The van der Waals surface area contributed by atoms with Crippen molar-refractivity contribution >= 4 is 29.9 Å². The van der Waals surface area contributed by atoms with Gasteiger partial charge in [0.2, 0.25) is 23.6 Å². The fraction of sp³-hybridized carbons (Fsp3) is 0.545. The summed E-state index contributed by atoms with van der Waals surface area (Å²) in [7, 11) is 1.59. The Labute approximate surface area is 121 Å². The maximum absolute atomic E-state index is 11.3. The minimum Gasteiger partial charge on any atom is -0.348 e. The first-order chi connectivity index (χ1) is 9.99. The normalized spacial score (nSPS) is 9.38. The third kappa shape index (κ3) is 11.1. The number of hydrogen-bond donors (Lipinski definition) is 5. The van der Waals surface area contributed by atoms with Crippen LogP contribution in [0.5, 0.6) is 0 Å². The number of rotatable bonds is 10. The second-order valence-electron chi connectivity index (χ2n) is 3.83. The molecule has 0 spiro atoms. The zero-order valence-electron chi connectivity index (χ0n) is 11.7. The number of amides is 4. The average molecular weight is 301 g/mol.